The van der Waals surface area contributed by atoms with E-state index in [0.29, 0.717) is 32.1 Å². The van der Waals surface area contributed by atoms with Gasteiger partial charge in [-0.1, -0.05) is 30.0 Å². The number of hydroxylamine groups is 3. The molecule has 2 aromatic carbocycles. The first-order valence-corrected chi connectivity index (χ1v) is 12.0. The number of fused-ring (bicyclic) bond motifs is 2. The minimum absolute atomic E-state index is 0.105. The zero-order chi connectivity index (χ0) is 19.6. The Bertz CT molecular complexity index is 822. The van der Waals surface area contributed by atoms with Crippen LogP contribution in [0.4, 0.5) is 0 Å². The van der Waals surface area contributed by atoms with Gasteiger partial charge in [-0.15, -0.1) is 11.8 Å². The van der Waals surface area contributed by atoms with E-state index in [-0.39, 0.29) is 11.3 Å². The van der Waals surface area contributed by atoms with Gasteiger partial charge in [0, 0.05) is 46.8 Å². The Balaban J connectivity index is 1.62. The molecule has 0 saturated carbocycles. The molecule has 150 valence electrons. The molecule has 0 aliphatic carbocycles. The van der Waals surface area contributed by atoms with Gasteiger partial charge in [-0.3, -0.25) is 4.90 Å². The van der Waals surface area contributed by atoms with Gasteiger partial charge >= 0.3 is 0 Å². The Morgan fingerprint density at radius 3 is 2.71 bits per heavy atom. The molecular weight excluding hydrogens is 388 g/mol. The molecular formula is C22H28N2O2S2. The molecule has 2 aliphatic heterocycles. The van der Waals surface area contributed by atoms with Crippen molar-refractivity contribution >= 4 is 23.5 Å². The SMILES string of the molecule is CSc1ccc2c(c1)C(N1CC[N+]([O-])(CCCO)CC1)Cc1ccccc1S2. The van der Waals surface area contributed by atoms with E-state index in [1.165, 1.54) is 25.8 Å². The molecule has 2 heterocycles. The highest BCUT2D eigenvalue weighted by Gasteiger charge is 2.33. The summed E-state index contributed by atoms with van der Waals surface area (Å²) < 4.78 is -0.160. The average molecular weight is 417 g/mol. The molecule has 4 nitrogen and oxygen atoms in total. The number of aliphatic hydroxyl groups excluding tert-OH is 1. The minimum atomic E-state index is -0.160. The molecule has 0 spiro atoms. The predicted octanol–water partition coefficient (Wildman–Crippen LogP) is 4.17. The van der Waals surface area contributed by atoms with Crippen LogP contribution in [0.5, 0.6) is 0 Å². The summed E-state index contributed by atoms with van der Waals surface area (Å²) in [5, 5.41) is 22.0. The van der Waals surface area contributed by atoms with Crippen LogP contribution < -0.4 is 0 Å². The summed E-state index contributed by atoms with van der Waals surface area (Å²) in [5.41, 5.74) is 2.79. The summed E-state index contributed by atoms with van der Waals surface area (Å²) in [6.45, 7) is 3.49. The normalized spacial score (nSPS) is 21.6. The second-order valence-electron chi connectivity index (χ2n) is 7.68. The fraction of sp³-hybridized carbons (Fsp3) is 0.455. The van der Waals surface area contributed by atoms with E-state index < -0.39 is 0 Å². The van der Waals surface area contributed by atoms with E-state index in [1.807, 2.05) is 11.8 Å². The maximum absolute atomic E-state index is 12.9. The Morgan fingerprint density at radius 2 is 1.96 bits per heavy atom. The number of nitrogens with zero attached hydrogens (tertiary/aromatic N) is 2. The van der Waals surface area contributed by atoms with Crippen LogP contribution in [-0.2, 0) is 6.42 Å². The number of piperazine rings is 1. The number of benzene rings is 2. The summed E-state index contributed by atoms with van der Waals surface area (Å²) in [4.78, 5) is 6.49. The Morgan fingerprint density at radius 1 is 1.18 bits per heavy atom. The monoisotopic (exact) mass is 416 g/mol. The van der Waals surface area contributed by atoms with Crippen LogP contribution in [0.1, 0.15) is 23.6 Å². The third kappa shape index (κ3) is 4.27. The highest BCUT2D eigenvalue weighted by atomic mass is 32.2. The van der Waals surface area contributed by atoms with E-state index in [4.69, 9.17) is 5.11 Å². The summed E-state index contributed by atoms with van der Waals surface area (Å²) in [6, 6.07) is 15.9. The summed E-state index contributed by atoms with van der Waals surface area (Å²) in [7, 11) is 0. The van der Waals surface area contributed by atoms with Gasteiger partial charge in [-0.2, -0.15) is 0 Å². The smallest absolute Gasteiger partial charge is 0.0913 e. The minimum Gasteiger partial charge on any atom is -0.633 e. The third-order valence-corrected chi connectivity index (χ3v) is 7.87. The fourth-order valence-electron chi connectivity index (χ4n) is 4.28. The molecule has 2 aromatic rings. The lowest BCUT2D eigenvalue weighted by molar-refractivity contribution is -0.885. The van der Waals surface area contributed by atoms with Gasteiger partial charge in [0.2, 0.25) is 0 Å². The second kappa shape index (κ2) is 8.78. The van der Waals surface area contributed by atoms with Crippen LogP contribution in [0.25, 0.3) is 0 Å². The van der Waals surface area contributed by atoms with E-state index in [1.54, 1.807) is 11.8 Å². The van der Waals surface area contributed by atoms with Crippen molar-refractivity contribution in [2.24, 2.45) is 0 Å². The van der Waals surface area contributed by atoms with E-state index >= 15 is 0 Å². The summed E-state index contributed by atoms with van der Waals surface area (Å²) in [6.07, 6.45) is 3.71. The predicted molar refractivity (Wildman–Crippen MR) is 117 cm³/mol. The van der Waals surface area contributed by atoms with E-state index in [2.05, 4.69) is 53.6 Å². The number of hydrogen-bond donors (Lipinski definition) is 1. The van der Waals surface area contributed by atoms with Crippen LogP contribution in [-0.4, -0.2) is 60.2 Å². The van der Waals surface area contributed by atoms with Crippen molar-refractivity contribution in [2.45, 2.75) is 33.6 Å². The zero-order valence-electron chi connectivity index (χ0n) is 16.3. The quantitative estimate of drug-likeness (QED) is 0.450. The first kappa shape index (κ1) is 20.3. The first-order valence-electron chi connectivity index (χ1n) is 9.97. The van der Waals surface area contributed by atoms with E-state index in [0.717, 1.165) is 19.5 Å². The van der Waals surface area contributed by atoms with Crippen LogP contribution in [0.3, 0.4) is 0 Å². The van der Waals surface area contributed by atoms with Gasteiger partial charge in [-0.05, 0) is 48.1 Å². The maximum Gasteiger partial charge on any atom is 0.0913 e. The first-order chi connectivity index (χ1) is 13.6. The van der Waals surface area contributed by atoms with Gasteiger partial charge in [0.25, 0.3) is 0 Å². The molecule has 0 bridgehead atoms. The van der Waals surface area contributed by atoms with Gasteiger partial charge in [0.1, 0.15) is 0 Å². The molecule has 1 fully saturated rings. The topological polar surface area (TPSA) is 46.5 Å². The lowest BCUT2D eigenvalue weighted by Gasteiger charge is -2.50. The lowest BCUT2D eigenvalue weighted by atomic mass is 9.96. The second-order valence-corrected chi connectivity index (χ2v) is 9.64. The lowest BCUT2D eigenvalue weighted by Crippen LogP contribution is -2.57. The average Bonchev–Trinajstić information content (AvgIpc) is 2.89. The summed E-state index contributed by atoms with van der Waals surface area (Å²) >= 11 is 3.66. The molecule has 1 unspecified atom stereocenters. The highest BCUT2D eigenvalue weighted by molar-refractivity contribution is 7.99. The van der Waals surface area contributed by atoms with Crippen LogP contribution in [0.15, 0.2) is 57.2 Å². The van der Waals surface area contributed by atoms with Gasteiger partial charge in [-0.25, -0.2) is 0 Å². The van der Waals surface area contributed by atoms with Crippen molar-refractivity contribution in [1.82, 2.24) is 4.90 Å². The van der Waals surface area contributed by atoms with Crippen LogP contribution >= 0.6 is 23.5 Å². The highest BCUT2D eigenvalue weighted by Crippen LogP contribution is 2.44. The molecule has 0 amide bonds. The summed E-state index contributed by atoms with van der Waals surface area (Å²) in [5.74, 6) is 0. The standard InChI is InChI=1S/C22H28N2O2S2/c1-27-18-7-8-22-19(16-18)20(15-17-5-2-3-6-21(17)28-22)23-9-12-24(26,13-10-23)11-4-14-25/h2-3,5-8,16,20,25H,4,9-15H2,1H3. The fourth-order valence-corrected chi connectivity index (χ4v) is 5.84. The number of hydrogen-bond acceptors (Lipinski definition) is 5. The van der Waals surface area contributed by atoms with Crippen LogP contribution in [0.2, 0.25) is 0 Å². The van der Waals surface area contributed by atoms with Crippen molar-refractivity contribution < 1.29 is 9.75 Å². The Kier molecular flexibility index (Phi) is 6.35. The molecule has 2 aliphatic rings. The maximum atomic E-state index is 12.9. The molecule has 0 aromatic heterocycles. The molecule has 0 radical (unpaired) electrons. The Labute approximate surface area is 176 Å². The van der Waals surface area contributed by atoms with Crippen molar-refractivity contribution in [3.8, 4) is 0 Å². The molecule has 1 saturated heterocycles. The number of quaternary nitrogens is 1. The molecule has 1 N–H and O–H groups in total. The molecule has 6 heteroatoms. The number of aliphatic hydroxyl groups is 1. The zero-order valence-corrected chi connectivity index (χ0v) is 18.0. The third-order valence-electron chi connectivity index (χ3n) is 5.94. The number of rotatable bonds is 5. The van der Waals surface area contributed by atoms with Crippen molar-refractivity contribution in [2.75, 3.05) is 45.6 Å². The molecule has 28 heavy (non-hydrogen) atoms. The van der Waals surface area contributed by atoms with Crippen LogP contribution in [0, 0.1) is 5.21 Å². The van der Waals surface area contributed by atoms with Crippen molar-refractivity contribution in [3.05, 3.63) is 58.8 Å². The molecule has 4 rings (SSSR count). The van der Waals surface area contributed by atoms with Crippen molar-refractivity contribution in [1.29, 1.82) is 0 Å². The van der Waals surface area contributed by atoms with Gasteiger partial charge in [0.15, 0.2) is 0 Å². The molecule has 1 atom stereocenters. The van der Waals surface area contributed by atoms with E-state index in [9.17, 15) is 5.21 Å². The number of thioether (sulfide) groups is 1. The Hall–Kier alpha value is -1.02. The van der Waals surface area contributed by atoms with Crippen molar-refractivity contribution in [3.63, 3.8) is 0 Å². The van der Waals surface area contributed by atoms with Gasteiger partial charge < -0.3 is 15.0 Å². The van der Waals surface area contributed by atoms with Gasteiger partial charge in [0.05, 0.1) is 19.6 Å². The largest absolute Gasteiger partial charge is 0.633 e.